The van der Waals surface area contributed by atoms with Gasteiger partial charge < -0.3 is 10.0 Å². The Bertz CT molecular complexity index is 286. The van der Waals surface area contributed by atoms with E-state index in [4.69, 9.17) is 10.4 Å². The normalized spacial score (nSPS) is 22.9. The van der Waals surface area contributed by atoms with Crippen LogP contribution in [-0.4, -0.2) is 35.6 Å². The molecule has 4 nitrogen and oxygen atoms in total. The van der Waals surface area contributed by atoms with Crippen molar-refractivity contribution in [3.05, 3.63) is 0 Å². The molecule has 2 atom stereocenters. The first-order valence-corrected chi connectivity index (χ1v) is 6.44. The van der Waals surface area contributed by atoms with E-state index in [1.54, 1.807) is 0 Å². The Morgan fingerprint density at radius 2 is 2.41 bits per heavy atom. The molecule has 0 amide bonds. The van der Waals surface area contributed by atoms with Crippen molar-refractivity contribution in [3.63, 3.8) is 0 Å². The molecule has 0 aromatic rings. The van der Waals surface area contributed by atoms with Gasteiger partial charge >= 0.3 is 5.97 Å². The maximum Gasteiger partial charge on any atom is 0.303 e. The number of rotatable bonds is 6. The number of hydrogen-bond donors (Lipinski definition) is 1. The quantitative estimate of drug-likeness (QED) is 0.720. The second kappa shape index (κ2) is 7.29. The third-order valence-corrected chi connectivity index (χ3v) is 3.61. The number of unbranched alkanes of at least 4 members (excludes halogenated alkanes) is 1. The molecule has 1 saturated heterocycles. The molecule has 1 rings (SSSR count). The van der Waals surface area contributed by atoms with Gasteiger partial charge in [-0.1, -0.05) is 6.92 Å². The van der Waals surface area contributed by atoms with Gasteiger partial charge in [-0.2, -0.15) is 5.26 Å². The summed E-state index contributed by atoms with van der Waals surface area (Å²) in [6, 6.07) is 2.16. The summed E-state index contributed by atoms with van der Waals surface area (Å²) in [5.74, 6) is 0.0623. The Morgan fingerprint density at radius 1 is 1.65 bits per heavy atom. The lowest BCUT2D eigenvalue weighted by atomic mass is 9.84. The second-order valence-electron chi connectivity index (χ2n) is 5.04. The van der Waals surface area contributed by atoms with Crippen molar-refractivity contribution in [2.45, 2.75) is 39.0 Å². The van der Waals surface area contributed by atoms with E-state index in [0.717, 1.165) is 38.9 Å². The zero-order chi connectivity index (χ0) is 12.7. The Balaban J connectivity index is 2.32. The molecule has 1 heterocycles. The molecule has 2 unspecified atom stereocenters. The molecule has 0 saturated carbocycles. The summed E-state index contributed by atoms with van der Waals surface area (Å²) in [5, 5.41) is 17.3. The van der Waals surface area contributed by atoms with Gasteiger partial charge in [0.25, 0.3) is 0 Å². The highest BCUT2D eigenvalue weighted by atomic mass is 16.4. The zero-order valence-corrected chi connectivity index (χ0v) is 10.6. The molecule has 4 heteroatoms. The second-order valence-corrected chi connectivity index (χ2v) is 5.04. The van der Waals surface area contributed by atoms with E-state index in [2.05, 4.69) is 11.0 Å². The van der Waals surface area contributed by atoms with Crippen LogP contribution in [0.25, 0.3) is 0 Å². The molecule has 0 bridgehead atoms. The van der Waals surface area contributed by atoms with Crippen LogP contribution in [0.5, 0.6) is 0 Å². The van der Waals surface area contributed by atoms with Crippen LogP contribution in [0.2, 0.25) is 0 Å². The van der Waals surface area contributed by atoms with Crippen molar-refractivity contribution >= 4 is 5.97 Å². The fourth-order valence-corrected chi connectivity index (χ4v) is 2.58. The number of aliphatic carboxylic acids is 1. The number of nitrogens with zero attached hydrogens (tertiary/aromatic N) is 2. The topological polar surface area (TPSA) is 64.3 Å². The molecule has 1 aliphatic rings. The first-order chi connectivity index (χ1) is 8.13. The summed E-state index contributed by atoms with van der Waals surface area (Å²) in [6.07, 6.45) is 4.11. The van der Waals surface area contributed by atoms with Crippen LogP contribution >= 0.6 is 0 Å². The van der Waals surface area contributed by atoms with Gasteiger partial charge in [0.15, 0.2) is 0 Å². The minimum absolute atomic E-state index is 0.256. The van der Waals surface area contributed by atoms with Crippen LogP contribution in [-0.2, 0) is 4.79 Å². The van der Waals surface area contributed by atoms with E-state index in [1.165, 1.54) is 0 Å². The van der Waals surface area contributed by atoms with E-state index >= 15 is 0 Å². The molecule has 0 spiro atoms. The maximum atomic E-state index is 10.7. The summed E-state index contributed by atoms with van der Waals surface area (Å²) in [5.41, 5.74) is 0. The van der Waals surface area contributed by atoms with Crippen molar-refractivity contribution in [2.24, 2.45) is 11.8 Å². The maximum absolute atomic E-state index is 10.7. The van der Waals surface area contributed by atoms with Crippen molar-refractivity contribution in [1.82, 2.24) is 4.90 Å². The average Bonchev–Trinajstić information content (AvgIpc) is 2.29. The molecular formula is C13H22N2O2. The number of carboxylic acid groups (broad SMARTS) is 1. The number of hydrogen-bond acceptors (Lipinski definition) is 3. The molecule has 1 N–H and O–H groups in total. The van der Waals surface area contributed by atoms with Gasteiger partial charge in [-0.25, -0.2) is 0 Å². The monoisotopic (exact) mass is 238 g/mol. The lowest BCUT2D eigenvalue weighted by Gasteiger charge is -2.35. The molecule has 17 heavy (non-hydrogen) atoms. The third-order valence-electron chi connectivity index (χ3n) is 3.61. The molecule has 0 radical (unpaired) electrons. The Labute approximate surface area is 103 Å². The minimum Gasteiger partial charge on any atom is -0.481 e. The van der Waals surface area contributed by atoms with E-state index in [9.17, 15) is 4.79 Å². The van der Waals surface area contributed by atoms with Crippen LogP contribution in [0, 0.1) is 23.2 Å². The zero-order valence-electron chi connectivity index (χ0n) is 10.6. The molecular weight excluding hydrogens is 216 g/mol. The Morgan fingerprint density at radius 3 is 3.06 bits per heavy atom. The number of carboxylic acids is 1. The summed E-state index contributed by atoms with van der Waals surface area (Å²) < 4.78 is 0. The largest absolute Gasteiger partial charge is 0.481 e. The standard InChI is InChI=1S/C13H22N2O2/c1-11(9-13(16)17)12-5-4-8-15(10-12)7-3-2-6-14/h11-12H,2-5,7-10H2,1H3,(H,16,17). The van der Waals surface area contributed by atoms with Gasteiger partial charge in [-0.15, -0.1) is 0 Å². The predicted molar refractivity (Wildman–Crippen MR) is 65.4 cm³/mol. The lowest BCUT2D eigenvalue weighted by Crippen LogP contribution is -2.38. The van der Waals surface area contributed by atoms with Gasteiger partial charge in [0.2, 0.25) is 0 Å². The molecule has 0 aromatic heterocycles. The summed E-state index contributed by atoms with van der Waals surface area (Å²) in [7, 11) is 0. The van der Waals surface area contributed by atoms with Crippen molar-refractivity contribution in [3.8, 4) is 6.07 Å². The Kier molecular flexibility index (Phi) is 5.99. The van der Waals surface area contributed by atoms with Crippen LogP contribution < -0.4 is 0 Å². The van der Waals surface area contributed by atoms with Gasteiger partial charge in [0.1, 0.15) is 0 Å². The molecule has 96 valence electrons. The number of piperidine rings is 1. The van der Waals surface area contributed by atoms with Gasteiger partial charge in [0.05, 0.1) is 6.07 Å². The van der Waals surface area contributed by atoms with Crippen LogP contribution in [0.15, 0.2) is 0 Å². The van der Waals surface area contributed by atoms with Crippen molar-refractivity contribution < 1.29 is 9.90 Å². The number of carbonyl (C=O) groups is 1. The number of likely N-dealkylation sites (tertiary alicyclic amines) is 1. The first kappa shape index (κ1) is 14.0. The molecule has 1 aliphatic heterocycles. The highest BCUT2D eigenvalue weighted by Crippen LogP contribution is 2.26. The van der Waals surface area contributed by atoms with Crippen LogP contribution in [0.1, 0.15) is 39.0 Å². The lowest BCUT2D eigenvalue weighted by molar-refractivity contribution is -0.138. The molecule has 0 aromatic carbocycles. The minimum atomic E-state index is -0.695. The summed E-state index contributed by atoms with van der Waals surface area (Å²) in [6.45, 7) is 5.11. The molecule has 0 aliphatic carbocycles. The van der Waals surface area contributed by atoms with E-state index in [-0.39, 0.29) is 12.3 Å². The fourth-order valence-electron chi connectivity index (χ4n) is 2.58. The SMILES string of the molecule is CC(CC(=O)O)C1CCCN(CCCC#N)C1. The Hall–Kier alpha value is -1.08. The van der Waals surface area contributed by atoms with Gasteiger partial charge in [0, 0.05) is 19.4 Å². The van der Waals surface area contributed by atoms with Crippen LogP contribution in [0.3, 0.4) is 0 Å². The van der Waals surface area contributed by atoms with Crippen molar-refractivity contribution in [2.75, 3.05) is 19.6 Å². The fraction of sp³-hybridized carbons (Fsp3) is 0.846. The first-order valence-electron chi connectivity index (χ1n) is 6.44. The van der Waals surface area contributed by atoms with E-state index in [0.29, 0.717) is 12.3 Å². The smallest absolute Gasteiger partial charge is 0.303 e. The summed E-state index contributed by atoms with van der Waals surface area (Å²) >= 11 is 0. The highest BCUT2D eigenvalue weighted by molar-refractivity contribution is 5.66. The van der Waals surface area contributed by atoms with Gasteiger partial charge in [-0.3, -0.25) is 4.79 Å². The summed E-state index contributed by atoms with van der Waals surface area (Å²) in [4.78, 5) is 13.1. The van der Waals surface area contributed by atoms with E-state index < -0.39 is 5.97 Å². The predicted octanol–water partition coefficient (Wildman–Crippen LogP) is 2.11. The van der Waals surface area contributed by atoms with Crippen molar-refractivity contribution in [1.29, 1.82) is 5.26 Å². The number of nitriles is 1. The van der Waals surface area contributed by atoms with E-state index in [1.807, 2.05) is 6.92 Å². The average molecular weight is 238 g/mol. The highest BCUT2D eigenvalue weighted by Gasteiger charge is 2.25. The van der Waals surface area contributed by atoms with Gasteiger partial charge in [-0.05, 0) is 44.2 Å². The third kappa shape index (κ3) is 5.18. The molecule has 1 fully saturated rings. The van der Waals surface area contributed by atoms with Crippen LogP contribution in [0.4, 0.5) is 0 Å².